The van der Waals surface area contributed by atoms with Gasteiger partial charge < -0.3 is 0 Å². The van der Waals surface area contributed by atoms with E-state index in [4.69, 9.17) is 16.9 Å². The molecule has 0 fully saturated rings. The van der Waals surface area contributed by atoms with Gasteiger partial charge in [0.15, 0.2) is 0 Å². The summed E-state index contributed by atoms with van der Waals surface area (Å²) in [7, 11) is -2.14. The van der Waals surface area contributed by atoms with Gasteiger partial charge in [-0.2, -0.15) is 9.57 Å². The van der Waals surface area contributed by atoms with E-state index in [1.807, 2.05) is 26.8 Å². The molecule has 0 saturated carbocycles. The predicted molar refractivity (Wildman–Crippen MR) is 75.5 cm³/mol. The molecule has 0 aliphatic carbocycles. The van der Waals surface area contributed by atoms with Gasteiger partial charge in [-0.3, -0.25) is 0 Å². The van der Waals surface area contributed by atoms with E-state index in [1.54, 1.807) is 0 Å². The summed E-state index contributed by atoms with van der Waals surface area (Å²) >= 11 is 5.97. The van der Waals surface area contributed by atoms with Crippen LogP contribution in [-0.4, -0.2) is 25.3 Å². The van der Waals surface area contributed by atoms with Gasteiger partial charge >= 0.3 is 0 Å². The second-order valence-corrected chi connectivity index (χ2v) is 7.24. The second-order valence-electron chi connectivity index (χ2n) is 4.90. The van der Waals surface area contributed by atoms with Crippen LogP contribution in [0.25, 0.3) is 0 Å². The summed E-state index contributed by atoms with van der Waals surface area (Å²) in [6, 6.07) is 6.11. The van der Waals surface area contributed by atoms with E-state index in [0.717, 1.165) is 0 Å². The average molecular weight is 301 g/mol. The van der Waals surface area contributed by atoms with Gasteiger partial charge in [0.2, 0.25) is 10.0 Å². The van der Waals surface area contributed by atoms with Gasteiger partial charge in [-0.25, -0.2) is 8.42 Å². The summed E-state index contributed by atoms with van der Waals surface area (Å²) in [6.07, 6.45) is 0.677. The molecule has 0 aliphatic heterocycles. The number of benzene rings is 1. The maximum absolute atomic E-state index is 12.5. The quantitative estimate of drug-likeness (QED) is 0.858. The van der Waals surface area contributed by atoms with E-state index < -0.39 is 15.6 Å². The Labute approximate surface area is 119 Å². The highest BCUT2D eigenvalue weighted by molar-refractivity contribution is 7.89. The first-order valence-electron chi connectivity index (χ1n) is 5.85. The summed E-state index contributed by atoms with van der Waals surface area (Å²) in [6.45, 7) is 5.62. The van der Waals surface area contributed by atoms with E-state index in [9.17, 15) is 8.42 Å². The lowest BCUT2D eigenvalue weighted by atomic mass is 10.0. The van der Waals surface area contributed by atoms with Crippen molar-refractivity contribution >= 4 is 21.6 Å². The van der Waals surface area contributed by atoms with Gasteiger partial charge in [-0.05, 0) is 38.5 Å². The van der Waals surface area contributed by atoms with Crippen molar-refractivity contribution in [2.45, 2.75) is 37.6 Å². The van der Waals surface area contributed by atoms with Crippen molar-refractivity contribution < 1.29 is 8.42 Å². The third kappa shape index (κ3) is 3.08. The Morgan fingerprint density at radius 1 is 1.42 bits per heavy atom. The molecule has 4 nitrogen and oxygen atoms in total. The van der Waals surface area contributed by atoms with Crippen molar-refractivity contribution in [2.24, 2.45) is 0 Å². The fourth-order valence-electron chi connectivity index (χ4n) is 1.48. The number of rotatable bonds is 4. The van der Waals surface area contributed by atoms with E-state index in [0.29, 0.717) is 12.0 Å². The number of halogens is 1. The van der Waals surface area contributed by atoms with Crippen molar-refractivity contribution in [1.82, 2.24) is 4.31 Å². The van der Waals surface area contributed by atoms with Crippen LogP contribution >= 0.6 is 11.6 Å². The topological polar surface area (TPSA) is 61.2 Å². The summed E-state index contributed by atoms with van der Waals surface area (Å²) in [4.78, 5) is 0.0252. The highest BCUT2D eigenvalue weighted by Crippen LogP contribution is 2.29. The first-order valence-corrected chi connectivity index (χ1v) is 7.67. The molecule has 1 rings (SSSR count). The Morgan fingerprint density at radius 2 is 2.00 bits per heavy atom. The SMILES string of the molecule is CCC(C)(C)N(C)S(=O)(=O)c1ccc(C#N)cc1Cl. The van der Waals surface area contributed by atoms with Crippen molar-refractivity contribution in [1.29, 1.82) is 5.26 Å². The van der Waals surface area contributed by atoms with Crippen LogP contribution < -0.4 is 0 Å². The number of hydrogen-bond acceptors (Lipinski definition) is 3. The minimum Gasteiger partial charge on any atom is -0.207 e. The summed E-state index contributed by atoms with van der Waals surface area (Å²) in [5.74, 6) is 0. The standard InChI is InChI=1S/C13H17ClN2O2S/c1-5-13(2,3)16(4)19(17,18)12-7-6-10(9-15)8-11(12)14/h6-8H,5H2,1-4H3. The van der Waals surface area contributed by atoms with E-state index >= 15 is 0 Å². The molecule has 0 radical (unpaired) electrons. The van der Waals surface area contributed by atoms with Crippen LogP contribution in [0.1, 0.15) is 32.8 Å². The highest BCUT2D eigenvalue weighted by Gasteiger charge is 2.33. The van der Waals surface area contributed by atoms with Gasteiger partial charge in [-0.15, -0.1) is 0 Å². The lowest BCUT2D eigenvalue weighted by molar-refractivity contribution is 0.257. The smallest absolute Gasteiger partial charge is 0.207 e. The molecule has 0 N–H and O–H groups in total. The Balaban J connectivity index is 3.33. The Kier molecular flexibility index (Phi) is 4.62. The van der Waals surface area contributed by atoms with Gasteiger partial charge in [0.1, 0.15) is 4.90 Å². The predicted octanol–water partition coefficient (Wildman–Crippen LogP) is 3.02. The zero-order chi connectivity index (χ0) is 14.8. The number of nitriles is 1. The van der Waals surface area contributed by atoms with Crippen LogP contribution in [0, 0.1) is 11.3 Å². The van der Waals surface area contributed by atoms with Crippen LogP contribution in [0.3, 0.4) is 0 Å². The molecule has 0 heterocycles. The molecular weight excluding hydrogens is 284 g/mol. The molecule has 0 unspecified atom stereocenters. The van der Waals surface area contributed by atoms with Crippen LogP contribution in [-0.2, 0) is 10.0 Å². The maximum Gasteiger partial charge on any atom is 0.244 e. The van der Waals surface area contributed by atoms with Gasteiger partial charge in [0.25, 0.3) is 0 Å². The largest absolute Gasteiger partial charge is 0.244 e. The van der Waals surface area contributed by atoms with Crippen molar-refractivity contribution in [3.05, 3.63) is 28.8 Å². The normalized spacial score (nSPS) is 12.5. The molecule has 0 bridgehead atoms. The molecular formula is C13H17ClN2O2S. The van der Waals surface area contributed by atoms with E-state index in [-0.39, 0.29) is 9.92 Å². The zero-order valence-corrected chi connectivity index (χ0v) is 13.0. The molecule has 19 heavy (non-hydrogen) atoms. The second kappa shape index (κ2) is 5.49. The molecule has 0 spiro atoms. The lowest BCUT2D eigenvalue weighted by Gasteiger charge is -2.33. The van der Waals surface area contributed by atoms with Crippen molar-refractivity contribution in [3.8, 4) is 6.07 Å². The lowest BCUT2D eigenvalue weighted by Crippen LogP contribution is -2.44. The minimum absolute atomic E-state index is 0.0252. The molecule has 104 valence electrons. The molecule has 0 aliphatic rings. The molecule has 0 atom stereocenters. The highest BCUT2D eigenvalue weighted by atomic mass is 35.5. The third-order valence-corrected chi connectivity index (χ3v) is 5.97. The fraction of sp³-hybridized carbons (Fsp3) is 0.462. The molecule has 0 aromatic heterocycles. The monoisotopic (exact) mass is 300 g/mol. The van der Waals surface area contributed by atoms with Crippen LogP contribution in [0.15, 0.2) is 23.1 Å². The minimum atomic E-state index is -3.67. The Bertz CT molecular complexity index is 618. The van der Waals surface area contributed by atoms with Gasteiger partial charge in [-0.1, -0.05) is 18.5 Å². The van der Waals surface area contributed by atoms with E-state index in [2.05, 4.69) is 0 Å². The Morgan fingerprint density at radius 3 is 2.42 bits per heavy atom. The van der Waals surface area contributed by atoms with E-state index in [1.165, 1.54) is 29.6 Å². The average Bonchev–Trinajstić information content (AvgIpc) is 2.37. The number of sulfonamides is 1. The summed E-state index contributed by atoms with van der Waals surface area (Å²) in [5.41, 5.74) is -0.169. The first kappa shape index (κ1) is 16.0. The van der Waals surface area contributed by atoms with Crippen molar-refractivity contribution in [2.75, 3.05) is 7.05 Å². The van der Waals surface area contributed by atoms with Crippen LogP contribution in [0.2, 0.25) is 5.02 Å². The maximum atomic E-state index is 12.5. The zero-order valence-electron chi connectivity index (χ0n) is 11.4. The Hall–Kier alpha value is -1.09. The first-order chi connectivity index (χ1) is 8.66. The third-order valence-electron chi connectivity index (χ3n) is 3.42. The molecule has 1 aromatic rings. The molecule has 6 heteroatoms. The fourth-order valence-corrected chi connectivity index (χ4v) is 3.57. The summed E-state index contributed by atoms with van der Waals surface area (Å²) < 4.78 is 26.3. The van der Waals surface area contributed by atoms with Gasteiger partial charge in [0.05, 0.1) is 16.7 Å². The van der Waals surface area contributed by atoms with Gasteiger partial charge in [0, 0.05) is 12.6 Å². The van der Waals surface area contributed by atoms with Crippen LogP contribution in [0.4, 0.5) is 0 Å². The summed E-state index contributed by atoms with van der Waals surface area (Å²) in [5, 5.41) is 8.83. The molecule has 1 aromatic carbocycles. The van der Waals surface area contributed by atoms with Crippen LogP contribution in [0.5, 0.6) is 0 Å². The molecule has 0 saturated heterocycles. The number of nitrogens with zero attached hydrogens (tertiary/aromatic N) is 2. The number of hydrogen-bond donors (Lipinski definition) is 0. The molecule has 0 amide bonds. The van der Waals surface area contributed by atoms with Crippen molar-refractivity contribution in [3.63, 3.8) is 0 Å².